The zero-order valence-electron chi connectivity index (χ0n) is 13.5. The van der Waals surface area contributed by atoms with Crippen LogP contribution in [0, 0.1) is 11.3 Å². The first-order chi connectivity index (χ1) is 8.38. The molecule has 0 radical (unpaired) electrons. The van der Waals surface area contributed by atoms with Crippen LogP contribution in [-0.2, 0) is 4.74 Å². The molecule has 1 atom stereocenters. The maximum atomic E-state index is 5.68. The van der Waals surface area contributed by atoms with E-state index in [4.69, 9.17) is 4.74 Å². The highest BCUT2D eigenvalue weighted by atomic mass is 16.5. The molecule has 0 amide bonds. The molecule has 0 spiro atoms. The van der Waals surface area contributed by atoms with E-state index in [-0.39, 0.29) is 0 Å². The Hall–Kier alpha value is -0.0800. The van der Waals surface area contributed by atoms with E-state index in [2.05, 4.69) is 46.9 Å². The first kappa shape index (κ1) is 17.9. The van der Waals surface area contributed by atoms with Gasteiger partial charge in [-0.05, 0) is 43.6 Å². The van der Waals surface area contributed by atoms with Crippen LogP contribution in [0.2, 0.25) is 0 Å². The van der Waals surface area contributed by atoms with Gasteiger partial charge in [-0.2, -0.15) is 0 Å². The lowest BCUT2D eigenvalue weighted by molar-refractivity contribution is 0.113. The Balaban J connectivity index is 3.70. The molecule has 0 aliphatic carbocycles. The standard InChI is InChI=1S/C16H35NO/c1-7-11-17-15(16(4,5)6)9-8-12-18-13-10-14(2)3/h14-15,17H,7-13H2,1-6H3. The van der Waals surface area contributed by atoms with E-state index in [1.54, 1.807) is 0 Å². The Morgan fingerprint density at radius 3 is 2.22 bits per heavy atom. The van der Waals surface area contributed by atoms with Crippen molar-refractivity contribution in [2.45, 2.75) is 73.3 Å². The molecule has 0 saturated carbocycles. The van der Waals surface area contributed by atoms with Gasteiger partial charge in [0.25, 0.3) is 0 Å². The number of rotatable bonds is 10. The summed E-state index contributed by atoms with van der Waals surface area (Å²) in [5, 5.41) is 3.66. The molecule has 18 heavy (non-hydrogen) atoms. The topological polar surface area (TPSA) is 21.3 Å². The fourth-order valence-corrected chi connectivity index (χ4v) is 1.97. The maximum absolute atomic E-state index is 5.68. The van der Waals surface area contributed by atoms with Crippen LogP contribution in [0.5, 0.6) is 0 Å². The monoisotopic (exact) mass is 257 g/mol. The molecule has 0 aromatic rings. The molecule has 0 heterocycles. The summed E-state index contributed by atoms with van der Waals surface area (Å²) in [7, 11) is 0. The summed E-state index contributed by atoms with van der Waals surface area (Å²) in [5.74, 6) is 0.749. The van der Waals surface area contributed by atoms with Gasteiger partial charge in [0.1, 0.15) is 0 Å². The molecule has 0 aliphatic rings. The number of nitrogens with one attached hydrogen (secondary N) is 1. The smallest absolute Gasteiger partial charge is 0.0468 e. The summed E-state index contributed by atoms with van der Waals surface area (Å²) < 4.78 is 5.68. The molecule has 1 N–H and O–H groups in total. The SMILES string of the molecule is CCCNC(CCCOCCC(C)C)C(C)(C)C. The molecule has 0 aromatic carbocycles. The minimum Gasteiger partial charge on any atom is -0.381 e. The summed E-state index contributed by atoms with van der Waals surface area (Å²) in [6, 6.07) is 0.603. The lowest BCUT2D eigenvalue weighted by Gasteiger charge is -2.31. The lowest BCUT2D eigenvalue weighted by Crippen LogP contribution is -2.40. The van der Waals surface area contributed by atoms with Gasteiger partial charge in [-0.1, -0.05) is 41.5 Å². The van der Waals surface area contributed by atoms with E-state index in [0.29, 0.717) is 11.5 Å². The molecule has 110 valence electrons. The van der Waals surface area contributed by atoms with E-state index in [0.717, 1.165) is 32.1 Å². The predicted molar refractivity (Wildman–Crippen MR) is 81.0 cm³/mol. The molecule has 1 unspecified atom stereocenters. The van der Waals surface area contributed by atoms with E-state index in [1.165, 1.54) is 19.3 Å². The molecular formula is C16H35NO. The van der Waals surface area contributed by atoms with Crippen molar-refractivity contribution in [3.8, 4) is 0 Å². The Kier molecular flexibility index (Phi) is 9.76. The minimum atomic E-state index is 0.340. The average Bonchev–Trinajstić information content (AvgIpc) is 2.24. The Bertz CT molecular complexity index is 184. The number of hydrogen-bond donors (Lipinski definition) is 1. The normalized spacial score (nSPS) is 14.2. The molecule has 0 saturated heterocycles. The van der Waals surface area contributed by atoms with Gasteiger partial charge in [0.15, 0.2) is 0 Å². The highest BCUT2D eigenvalue weighted by Gasteiger charge is 2.23. The summed E-state index contributed by atoms with van der Waals surface area (Å²) >= 11 is 0. The summed E-state index contributed by atoms with van der Waals surface area (Å²) in [4.78, 5) is 0. The third-order valence-electron chi connectivity index (χ3n) is 3.31. The molecule has 0 aliphatic heterocycles. The molecule has 0 bridgehead atoms. The number of ether oxygens (including phenoxy) is 1. The maximum Gasteiger partial charge on any atom is 0.0468 e. The van der Waals surface area contributed by atoms with E-state index in [1.807, 2.05) is 0 Å². The molecule has 0 aromatic heterocycles. The number of hydrogen-bond acceptors (Lipinski definition) is 2. The van der Waals surface area contributed by atoms with Crippen molar-refractivity contribution in [3.63, 3.8) is 0 Å². The van der Waals surface area contributed by atoms with Crippen LogP contribution in [-0.4, -0.2) is 25.8 Å². The largest absolute Gasteiger partial charge is 0.381 e. The van der Waals surface area contributed by atoms with Crippen LogP contribution < -0.4 is 5.32 Å². The first-order valence-corrected chi connectivity index (χ1v) is 7.69. The van der Waals surface area contributed by atoms with Crippen molar-refractivity contribution < 1.29 is 4.74 Å². The summed E-state index contributed by atoms with van der Waals surface area (Å²) in [6.07, 6.45) is 4.76. The van der Waals surface area contributed by atoms with Gasteiger partial charge in [0.05, 0.1) is 0 Å². The molecule has 0 rings (SSSR count). The van der Waals surface area contributed by atoms with Crippen LogP contribution in [0.15, 0.2) is 0 Å². The van der Waals surface area contributed by atoms with Crippen molar-refractivity contribution in [2.24, 2.45) is 11.3 Å². The third-order valence-corrected chi connectivity index (χ3v) is 3.31. The van der Waals surface area contributed by atoms with Crippen LogP contribution in [0.25, 0.3) is 0 Å². The van der Waals surface area contributed by atoms with Gasteiger partial charge in [-0.3, -0.25) is 0 Å². The Labute approximate surface area is 115 Å². The molecular weight excluding hydrogens is 222 g/mol. The highest BCUT2D eigenvalue weighted by molar-refractivity contribution is 4.80. The zero-order chi connectivity index (χ0) is 14.0. The van der Waals surface area contributed by atoms with Crippen molar-refractivity contribution >= 4 is 0 Å². The summed E-state index contributed by atoms with van der Waals surface area (Å²) in [6.45, 7) is 16.6. The molecule has 0 fully saturated rings. The quantitative estimate of drug-likeness (QED) is 0.591. The van der Waals surface area contributed by atoms with Crippen LogP contribution in [0.4, 0.5) is 0 Å². The van der Waals surface area contributed by atoms with Crippen molar-refractivity contribution in [2.75, 3.05) is 19.8 Å². The molecule has 2 heteroatoms. The van der Waals surface area contributed by atoms with Gasteiger partial charge in [-0.25, -0.2) is 0 Å². The van der Waals surface area contributed by atoms with E-state index in [9.17, 15) is 0 Å². The van der Waals surface area contributed by atoms with Crippen molar-refractivity contribution in [3.05, 3.63) is 0 Å². The van der Waals surface area contributed by atoms with Gasteiger partial charge in [-0.15, -0.1) is 0 Å². The fraction of sp³-hybridized carbons (Fsp3) is 1.00. The first-order valence-electron chi connectivity index (χ1n) is 7.69. The van der Waals surface area contributed by atoms with Crippen LogP contribution in [0.3, 0.4) is 0 Å². The second-order valence-electron chi connectivity index (χ2n) is 6.81. The Morgan fingerprint density at radius 1 is 1.06 bits per heavy atom. The van der Waals surface area contributed by atoms with Gasteiger partial charge >= 0.3 is 0 Å². The average molecular weight is 257 g/mol. The second kappa shape index (κ2) is 9.80. The van der Waals surface area contributed by atoms with Gasteiger partial charge in [0.2, 0.25) is 0 Å². The molecule has 2 nitrogen and oxygen atoms in total. The van der Waals surface area contributed by atoms with E-state index < -0.39 is 0 Å². The summed E-state index contributed by atoms with van der Waals surface area (Å²) in [5.41, 5.74) is 0.340. The predicted octanol–water partition coefficient (Wildman–Crippen LogP) is 4.24. The van der Waals surface area contributed by atoms with Crippen LogP contribution in [0.1, 0.15) is 67.2 Å². The zero-order valence-corrected chi connectivity index (χ0v) is 13.5. The van der Waals surface area contributed by atoms with Crippen molar-refractivity contribution in [1.82, 2.24) is 5.32 Å². The second-order valence-corrected chi connectivity index (χ2v) is 6.81. The third kappa shape index (κ3) is 9.90. The van der Waals surface area contributed by atoms with E-state index >= 15 is 0 Å². The fourth-order valence-electron chi connectivity index (χ4n) is 1.97. The van der Waals surface area contributed by atoms with Crippen LogP contribution >= 0.6 is 0 Å². The van der Waals surface area contributed by atoms with Gasteiger partial charge < -0.3 is 10.1 Å². The highest BCUT2D eigenvalue weighted by Crippen LogP contribution is 2.22. The lowest BCUT2D eigenvalue weighted by atomic mass is 9.84. The van der Waals surface area contributed by atoms with Crippen molar-refractivity contribution in [1.29, 1.82) is 0 Å². The Morgan fingerprint density at radius 2 is 1.72 bits per heavy atom. The van der Waals surface area contributed by atoms with Gasteiger partial charge in [0, 0.05) is 19.3 Å². The minimum absolute atomic E-state index is 0.340.